The Kier molecular flexibility index (Phi) is 13.0. The fraction of sp³-hybridized carbons (Fsp3) is 0.488. The molecule has 0 spiro atoms. The zero-order valence-electron chi connectivity index (χ0n) is 30.6. The van der Waals surface area contributed by atoms with Gasteiger partial charge >= 0.3 is 0 Å². The molecule has 0 bridgehead atoms. The number of aryl methyl sites for hydroxylation is 1. The Balaban J connectivity index is 1.45. The maximum absolute atomic E-state index is 14.5. The molecule has 11 heteroatoms. The summed E-state index contributed by atoms with van der Waals surface area (Å²) in [6.07, 6.45) is 1.82. The van der Waals surface area contributed by atoms with Crippen molar-refractivity contribution < 1.29 is 33.0 Å². The van der Waals surface area contributed by atoms with Crippen molar-refractivity contribution in [2.45, 2.75) is 109 Å². The van der Waals surface area contributed by atoms with Crippen molar-refractivity contribution in [3.8, 4) is 5.75 Å². The monoisotopic (exact) mass is 718 g/mol. The number of nitrogens with one attached hydrogen (secondary N) is 3. The van der Waals surface area contributed by atoms with Gasteiger partial charge in [-0.15, -0.1) is 0 Å². The zero-order valence-corrected chi connectivity index (χ0v) is 30.6. The number of amides is 3. The topological polar surface area (TPSA) is 120 Å². The second-order valence-electron chi connectivity index (χ2n) is 14.3. The number of carbonyl (C=O) groups excluding carboxylic acids is 3. The molecule has 2 heterocycles. The van der Waals surface area contributed by atoms with Gasteiger partial charge in [-0.1, -0.05) is 69.7 Å². The van der Waals surface area contributed by atoms with Crippen LogP contribution in [-0.4, -0.2) is 70.6 Å². The van der Waals surface area contributed by atoms with Crippen molar-refractivity contribution in [1.29, 1.82) is 0 Å². The van der Waals surface area contributed by atoms with Crippen LogP contribution in [0.4, 0.5) is 8.78 Å². The Bertz CT molecular complexity index is 1690. The van der Waals surface area contributed by atoms with E-state index in [-0.39, 0.29) is 42.7 Å². The van der Waals surface area contributed by atoms with Crippen LogP contribution in [0.15, 0.2) is 66.7 Å². The fourth-order valence-corrected chi connectivity index (χ4v) is 7.73. The highest BCUT2D eigenvalue weighted by molar-refractivity contribution is 5.96. The molecule has 9 nitrogen and oxygen atoms in total. The van der Waals surface area contributed by atoms with Gasteiger partial charge in [0.15, 0.2) is 0 Å². The Labute approximate surface area is 305 Å². The number of carbonyl (C=O) groups is 3. The van der Waals surface area contributed by atoms with Gasteiger partial charge in [-0.2, -0.15) is 0 Å². The van der Waals surface area contributed by atoms with E-state index in [2.05, 4.69) is 16.0 Å². The average molecular weight is 719 g/mol. The third-order valence-electron chi connectivity index (χ3n) is 10.7. The van der Waals surface area contributed by atoms with E-state index in [1.165, 1.54) is 19.1 Å². The number of benzene rings is 3. The minimum atomic E-state index is -1.17. The molecule has 0 unspecified atom stereocenters. The van der Waals surface area contributed by atoms with Crippen LogP contribution in [0.25, 0.3) is 0 Å². The summed E-state index contributed by atoms with van der Waals surface area (Å²) in [5.41, 5.74) is 2.11. The highest BCUT2D eigenvalue weighted by atomic mass is 19.1. The van der Waals surface area contributed by atoms with E-state index < -0.39 is 47.3 Å². The van der Waals surface area contributed by atoms with E-state index in [0.29, 0.717) is 38.8 Å². The van der Waals surface area contributed by atoms with Gasteiger partial charge in [-0.3, -0.25) is 14.4 Å². The van der Waals surface area contributed by atoms with Crippen LogP contribution in [0.2, 0.25) is 0 Å². The van der Waals surface area contributed by atoms with Crippen LogP contribution in [0.1, 0.15) is 75.6 Å². The van der Waals surface area contributed by atoms with Crippen LogP contribution in [0.3, 0.4) is 0 Å². The van der Waals surface area contributed by atoms with E-state index in [1.54, 1.807) is 4.90 Å². The highest BCUT2D eigenvalue weighted by Crippen LogP contribution is 2.35. The Morgan fingerprint density at radius 1 is 1.06 bits per heavy atom. The van der Waals surface area contributed by atoms with Crippen LogP contribution in [-0.2, 0) is 40.2 Å². The van der Waals surface area contributed by atoms with Gasteiger partial charge in [-0.05, 0) is 79.3 Å². The molecule has 0 aliphatic carbocycles. The van der Waals surface area contributed by atoms with Crippen molar-refractivity contribution >= 4 is 17.7 Å². The number of aliphatic hydroxyl groups is 1. The number of rotatable bonds is 16. The molecule has 0 radical (unpaired) electrons. The molecule has 52 heavy (non-hydrogen) atoms. The fourth-order valence-electron chi connectivity index (χ4n) is 7.73. The Morgan fingerprint density at radius 2 is 1.79 bits per heavy atom. The SMILES string of the molecule is CCCOc1cccc2c1CN[C@@H]([C@@H](O)[C@H](Cc1cc(F)cc(F)c1)NC(=O)[C@H](CCc1ccccc1)N1CC[C@](NC(C)=O)([C@@H](C)CC)C1=O)C2. The average Bonchev–Trinajstić information content (AvgIpc) is 3.44. The number of hydrogen-bond acceptors (Lipinski definition) is 6. The number of fused-ring (bicyclic) bond motifs is 1. The van der Waals surface area contributed by atoms with Crippen molar-refractivity contribution in [2.75, 3.05) is 13.2 Å². The lowest BCUT2D eigenvalue weighted by Gasteiger charge is -2.37. The maximum atomic E-state index is 14.5. The quantitative estimate of drug-likeness (QED) is 0.165. The maximum Gasteiger partial charge on any atom is 0.249 e. The molecule has 5 rings (SSSR count). The van der Waals surface area contributed by atoms with Gasteiger partial charge in [0, 0.05) is 37.7 Å². The number of likely N-dealkylation sites (tertiary alicyclic amines) is 1. The molecule has 3 aromatic rings. The van der Waals surface area contributed by atoms with Crippen molar-refractivity contribution in [3.63, 3.8) is 0 Å². The summed E-state index contributed by atoms with van der Waals surface area (Å²) in [7, 11) is 0. The van der Waals surface area contributed by atoms with Gasteiger partial charge in [0.1, 0.15) is 29.0 Å². The summed E-state index contributed by atoms with van der Waals surface area (Å²) >= 11 is 0. The van der Waals surface area contributed by atoms with Gasteiger partial charge in [0.25, 0.3) is 0 Å². The first-order chi connectivity index (χ1) is 24.9. The van der Waals surface area contributed by atoms with Crippen LogP contribution in [0, 0.1) is 17.6 Å². The van der Waals surface area contributed by atoms with E-state index in [1.807, 2.05) is 69.3 Å². The molecule has 0 aromatic heterocycles. The first-order valence-electron chi connectivity index (χ1n) is 18.5. The van der Waals surface area contributed by atoms with Gasteiger partial charge in [-0.25, -0.2) is 8.78 Å². The van der Waals surface area contributed by atoms with E-state index in [9.17, 15) is 28.3 Å². The molecule has 1 fully saturated rings. The molecular weight excluding hydrogens is 666 g/mol. The lowest BCUT2D eigenvalue weighted by Crippen LogP contribution is -2.61. The summed E-state index contributed by atoms with van der Waals surface area (Å²) in [4.78, 5) is 42.8. The predicted molar refractivity (Wildman–Crippen MR) is 195 cm³/mol. The molecule has 2 aliphatic rings. The third-order valence-corrected chi connectivity index (χ3v) is 10.7. The smallest absolute Gasteiger partial charge is 0.249 e. The second kappa shape index (κ2) is 17.4. The number of nitrogens with zero attached hydrogens (tertiary/aromatic N) is 1. The lowest BCUT2D eigenvalue weighted by molar-refractivity contribution is -0.144. The van der Waals surface area contributed by atoms with Crippen molar-refractivity contribution in [1.82, 2.24) is 20.9 Å². The van der Waals surface area contributed by atoms with Gasteiger partial charge in [0.2, 0.25) is 17.7 Å². The molecule has 6 atom stereocenters. The first-order valence-corrected chi connectivity index (χ1v) is 18.5. The molecule has 280 valence electrons. The lowest BCUT2D eigenvalue weighted by atomic mass is 9.81. The summed E-state index contributed by atoms with van der Waals surface area (Å²) < 4.78 is 34.8. The summed E-state index contributed by atoms with van der Waals surface area (Å²) in [6, 6.07) is 16.2. The molecule has 3 aromatic carbocycles. The number of hydrogen-bond donors (Lipinski definition) is 4. The molecule has 0 saturated carbocycles. The highest BCUT2D eigenvalue weighted by Gasteiger charge is 2.53. The molecule has 3 amide bonds. The van der Waals surface area contributed by atoms with Crippen LogP contribution in [0.5, 0.6) is 5.75 Å². The van der Waals surface area contributed by atoms with E-state index in [0.717, 1.165) is 34.9 Å². The minimum absolute atomic E-state index is 0.0612. The normalized spacial score (nSPS) is 20.8. The summed E-state index contributed by atoms with van der Waals surface area (Å²) in [5.74, 6) is -2.05. The molecular formula is C41H52F2N4O5. The van der Waals surface area contributed by atoms with Crippen molar-refractivity contribution in [2.24, 2.45) is 5.92 Å². The molecule has 4 N–H and O–H groups in total. The summed E-state index contributed by atoms with van der Waals surface area (Å²) in [5, 5.41) is 21.4. The Morgan fingerprint density at radius 3 is 2.46 bits per heavy atom. The van der Waals surface area contributed by atoms with Gasteiger partial charge in [0.05, 0.1) is 18.8 Å². The van der Waals surface area contributed by atoms with E-state index in [4.69, 9.17) is 4.74 Å². The minimum Gasteiger partial charge on any atom is -0.493 e. The number of ether oxygens (including phenoxy) is 1. The van der Waals surface area contributed by atoms with E-state index >= 15 is 0 Å². The summed E-state index contributed by atoms with van der Waals surface area (Å²) in [6.45, 7) is 8.57. The van der Waals surface area contributed by atoms with Crippen LogP contribution < -0.4 is 20.7 Å². The van der Waals surface area contributed by atoms with Crippen molar-refractivity contribution in [3.05, 3.63) is 101 Å². The molecule has 2 aliphatic heterocycles. The third kappa shape index (κ3) is 8.98. The number of halogens is 2. The first kappa shape index (κ1) is 38.9. The molecule has 1 saturated heterocycles. The van der Waals surface area contributed by atoms with Crippen LogP contribution >= 0.6 is 0 Å². The second-order valence-corrected chi connectivity index (χ2v) is 14.3. The zero-order chi connectivity index (χ0) is 37.4. The van der Waals surface area contributed by atoms with Gasteiger partial charge < -0.3 is 30.7 Å². The standard InChI is InChI=1S/C41H52F2N4O5/c1-5-19-52-37-14-10-13-30-23-34(44-25-33(30)37)38(49)35(22-29-20-31(42)24-32(43)21-29)45-39(50)36(16-15-28-11-8-7-9-12-28)47-18-17-41(40(47)51,26(3)6-2)46-27(4)48/h7-14,20-21,24,26,34-36,38,44,49H,5-6,15-19,22-23,25H2,1-4H3,(H,45,50)(H,46,48)/t26-,34+,35-,36-,38+,41-/m0/s1. The number of aliphatic hydroxyl groups excluding tert-OH is 1. The largest absolute Gasteiger partial charge is 0.493 e. The Hall–Kier alpha value is -4.35. The predicted octanol–water partition coefficient (Wildman–Crippen LogP) is 5.01.